The molecule has 1 aromatic rings. The van der Waals surface area contributed by atoms with Crippen LogP contribution in [-0.2, 0) is 6.42 Å². The van der Waals surface area contributed by atoms with Crippen LogP contribution < -0.4 is 5.32 Å². The van der Waals surface area contributed by atoms with Gasteiger partial charge in [-0.25, -0.2) is 4.79 Å². The molecule has 0 aliphatic rings. The van der Waals surface area contributed by atoms with E-state index in [0.29, 0.717) is 16.3 Å². The summed E-state index contributed by atoms with van der Waals surface area (Å²) in [5.74, 6) is 0.0206. The van der Waals surface area contributed by atoms with Crippen LogP contribution in [0.15, 0.2) is 12.3 Å². The van der Waals surface area contributed by atoms with Crippen molar-refractivity contribution < 1.29 is 9.90 Å². The first-order valence-electron chi connectivity index (χ1n) is 5.46. The topological polar surface area (TPSA) is 86.0 Å². The fraction of sp³-hybridized carbons (Fsp3) is 0.417. The van der Waals surface area contributed by atoms with E-state index in [1.165, 1.54) is 6.20 Å². The fourth-order valence-electron chi connectivity index (χ4n) is 1.68. The molecule has 0 fully saturated rings. The van der Waals surface area contributed by atoms with Gasteiger partial charge in [-0.05, 0) is 17.5 Å². The van der Waals surface area contributed by atoms with E-state index >= 15 is 0 Å². The Kier molecular flexibility index (Phi) is 4.93. The van der Waals surface area contributed by atoms with Gasteiger partial charge in [-0.3, -0.25) is 4.98 Å². The molecule has 1 rings (SSSR count). The van der Waals surface area contributed by atoms with Crippen LogP contribution >= 0.6 is 11.6 Å². The average Bonchev–Trinajstić information content (AvgIpc) is 2.26. The molecule has 0 radical (unpaired) electrons. The van der Waals surface area contributed by atoms with E-state index in [4.69, 9.17) is 22.0 Å². The molecule has 5 nitrogen and oxygen atoms in total. The Morgan fingerprint density at radius 1 is 1.67 bits per heavy atom. The maximum atomic E-state index is 10.8. The molecule has 1 heterocycles. The van der Waals surface area contributed by atoms with Gasteiger partial charge in [0, 0.05) is 6.20 Å². The number of halogens is 1. The predicted molar refractivity (Wildman–Crippen MR) is 67.3 cm³/mol. The molecule has 96 valence electrons. The molecule has 18 heavy (non-hydrogen) atoms. The van der Waals surface area contributed by atoms with Crippen molar-refractivity contribution in [2.24, 2.45) is 5.92 Å². The van der Waals surface area contributed by atoms with Crippen molar-refractivity contribution >= 4 is 17.7 Å². The molecule has 6 heteroatoms. The minimum absolute atomic E-state index is 0.0206. The maximum Gasteiger partial charge on any atom is 0.405 e. The van der Waals surface area contributed by atoms with Crippen LogP contribution in [0.25, 0.3) is 0 Å². The number of pyridine rings is 1. The molecule has 0 saturated carbocycles. The molecule has 0 bridgehead atoms. The summed E-state index contributed by atoms with van der Waals surface area (Å²) in [4.78, 5) is 15.0. The molecule has 0 spiro atoms. The summed E-state index contributed by atoms with van der Waals surface area (Å²) in [5.41, 5.74) is 1.20. The standard InChI is InChI=1S/C12H14ClN3O2/c1-7(2)10(16-12(17)18)11-8(3-4-14)5-9(13)6-15-11/h5-7,10,16H,3H2,1-2H3,(H,17,18). The molecule has 0 saturated heterocycles. The van der Waals surface area contributed by atoms with Crippen molar-refractivity contribution in [2.45, 2.75) is 26.3 Å². The van der Waals surface area contributed by atoms with Gasteiger partial charge in [0.2, 0.25) is 0 Å². The number of nitrogens with one attached hydrogen (secondary N) is 1. The SMILES string of the molecule is CC(C)C(NC(=O)O)c1ncc(Cl)cc1CC#N. The third kappa shape index (κ3) is 3.60. The summed E-state index contributed by atoms with van der Waals surface area (Å²) in [6.07, 6.45) is 0.484. The van der Waals surface area contributed by atoms with Crippen molar-refractivity contribution in [3.63, 3.8) is 0 Å². The minimum atomic E-state index is -1.12. The number of amides is 1. The molecule has 1 atom stereocenters. The number of carboxylic acid groups (broad SMARTS) is 1. The van der Waals surface area contributed by atoms with Gasteiger partial charge in [-0.2, -0.15) is 5.26 Å². The van der Waals surface area contributed by atoms with Crippen molar-refractivity contribution in [3.8, 4) is 6.07 Å². The molecule has 1 unspecified atom stereocenters. The highest BCUT2D eigenvalue weighted by molar-refractivity contribution is 6.30. The number of rotatable bonds is 4. The Bertz CT molecular complexity index is 483. The first-order valence-corrected chi connectivity index (χ1v) is 5.84. The normalized spacial score (nSPS) is 11.9. The van der Waals surface area contributed by atoms with Crippen molar-refractivity contribution in [1.82, 2.24) is 10.3 Å². The second-order valence-corrected chi connectivity index (χ2v) is 4.64. The summed E-state index contributed by atoms with van der Waals surface area (Å²) in [5, 5.41) is 20.5. The minimum Gasteiger partial charge on any atom is -0.465 e. The monoisotopic (exact) mass is 267 g/mol. The number of nitrogens with zero attached hydrogens (tertiary/aromatic N) is 2. The lowest BCUT2D eigenvalue weighted by Gasteiger charge is -2.22. The third-order valence-electron chi connectivity index (χ3n) is 2.48. The van der Waals surface area contributed by atoms with Crippen LogP contribution in [-0.4, -0.2) is 16.2 Å². The number of aromatic nitrogens is 1. The lowest BCUT2D eigenvalue weighted by Crippen LogP contribution is -2.31. The summed E-state index contributed by atoms with van der Waals surface area (Å²) in [6.45, 7) is 3.76. The predicted octanol–water partition coefficient (Wildman–Crippen LogP) is 2.77. The maximum absolute atomic E-state index is 10.8. The van der Waals surface area contributed by atoms with Gasteiger partial charge in [-0.15, -0.1) is 0 Å². The van der Waals surface area contributed by atoms with E-state index in [9.17, 15) is 4.79 Å². The highest BCUT2D eigenvalue weighted by atomic mass is 35.5. The van der Waals surface area contributed by atoms with Gasteiger partial charge in [0.1, 0.15) is 0 Å². The van der Waals surface area contributed by atoms with Crippen LogP contribution in [0.1, 0.15) is 31.1 Å². The van der Waals surface area contributed by atoms with Crippen molar-refractivity contribution in [2.75, 3.05) is 0 Å². The summed E-state index contributed by atoms with van der Waals surface area (Å²) >= 11 is 5.83. The van der Waals surface area contributed by atoms with Gasteiger partial charge in [-0.1, -0.05) is 25.4 Å². The number of carbonyl (C=O) groups is 1. The van der Waals surface area contributed by atoms with Crippen LogP contribution in [0.2, 0.25) is 5.02 Å². The van der Waals surface area contributed by atoms with Gasteiger partial charge < -0.3 is 10.4 Å². The zero-order valence-corrected chi connectivity index (χ0v) is 10.9. The van der Waals surface area contributed by atoms with Gasteiger partial charge in [0.05, 0.1) is 29.2 Å². The molecular weight excluding hydrogens is 254 g/mol. The number of hydrogen-bond acceptors (Lipinski definition) is 3. The van der Waals surface area contributed by atoms with Crippen LogP contribution in [0.4, 0.5) is 4.79 Å². The van der Waals surface area contributed by atoms with E-state index in [2.05, 4.69) is 10.3 Å². The molecule has 1 amide bonds. The molecular formula is C12H14ClN3O2. The lowest BCUT2D eigenvalue weighted by atomic mass is 9.96. The van der Waals surface area contributed by atoms with E-state index in [1.54, 1.807) is 6.07 Å². The van der Waals surface area contributed by atoms with Crippen molar-refractivity contribution in [3.05, 3.63) is 28.5 Å². The Morgan fingerprint density at radius 2 is 2.33 bits per heavy atom. The summed E-state index contributed by atoms with van der Waals surface area (Å²) < 4.78 is 0. The van der Waals surface area contributed by atoms with Crippen LogP contribution in [0.3, 0.4) is 0 Å². The molecule has 0 aliphatic heterocycles. The Balaban J connectivity index is 3.18. The molecule has 1 aromatic heterocycles. The summed E-state index contributed by atoms with van der Waals surface area (Å²) in [6, 6.07) is 3.21. The van der Waals surface area contributed by atoms with Crippen LogP contribution in [0.5, 0.6) is 0 Å². The molecule has 0 aliphatic carbocycles. The smallest absolute Gasteiger partial charge is 0.405 e. The number of hydrogen-bond donors (Lipinski definition) is 2. The first-order chi connectivity index (χ1) is 8.45. The van der Waals surface area contributed by atoms with Gasteiger partial charge >= 0.3 is 6.09 Å². The number of nitriles is 1. The third-order valence-corrected chi connectivity index (χ3v) is 2.68. The Labute approximate surface area is 110 Å². The second-order valence-electron chi connectivity index (χ2n) is 4.20. The highest BCUT2D eigenvalue weighted by Crippen LogP contribution is 2.25. The first kappa shape index (κ1) is 14.3. The van der Waals surface area contributed by atoms with Crippen LogP contribution in [0, 0.1) is 17.2 Å². The zero-order valence-electron chi connectivity index (χ0n) is 10.1. The highest BCUT2D eigenvalue weighted by Gasteiger charge is 2.22. The van der Waals surface area contributed by atoms with Crippen molar-refractivity contribution in [1.29, 1.82) is 5.26 Å². The van der Waals surface area contributed by atoms with E-state index in [-0.39, 0.29) is 12.3 Å². The summed E-state index contributed by atoms with van der Waals surface area (Å²) in [7, 11) is 0. The van der Waals surface area contributed by atoms with Gasteiger partial charge in [0.15, 0.2) is 0 Å². The van der Waals surface area contributed by atoms with Gasteiger partial charge in [0.25, 0.3) is 0 Å². The second kappa shape index (κ2) is 6.22. The fourth-order valence-corrected chi connectivity index (χ4v) is 1.86. The molecule has 0 aromatic carbocycles. The van der Waals surface area contributed by atoms with E-state index in [0.717, 1.165) is 0 Å². The average molecular weight is 268 g/mol. The Morgan fingerprint density at radius 3 is 2.83 bits per heavy atom. The molecule has 2 N–H and O–H groups in total. The zero-order chi connectivity index (χ0) is 13.7. The lowest BCUT2D eigenvalue weighted by molar-refractivity contribution is 0.185. The largest absolute Gasteiger partial charge is 0.465 e. The Hall–Kier alpha value is -1.80. The van der Waals surface area contributed by atoms with E-state index < -0.39 is 12.1 Å². The quantitative estimate of drug-likeness (QED) is 0.878. The van der Waals surface area contributed by atoms with E-state index in [1.807, 2.05) is 19.9 Å².